The third kappa shape index (κ3) is 9.79. The number of hydrogen-bond donors (Lipinski definition) is 3. The SMILES string of the molecule is CC(=O)NCCCCCC(=O)NCc1cccc(-c2cccc(C3OC(CSc4nccn4C)C(C)C(c4ccc(CO)cc4)O3)c2)c1. The highest BCUT2D eigenvalue weighted by Crippen LogP contribution is 2.43. The first-order valence-electron chi connectivity index (χ1n) is 16.6. The van der Waals surface area contributed by atoms with Crippen LogP contribution in [0.4, 0.5) is 0 Å². The van der Waals surface area contributed by atoms with Crippen LogP contribution in [0.2, 0.25) is 0 Å². The van der Waals surface area contributed by atoms with E-state index in [1.165, 1.54) is 6.92 Å². The Bertz CT molecular complexity index is 1640. The highest BCUT2D eigenvalue weighted by atomic mass is 32.2. The predicted octanol–water partition coefficient (Wildman–Crippen LogP) is 6.48. The molecule has 1 aliphatic rings. The highest BCUT2D eigenvalue weighted by Gasteiger charge is 2.38. The summed E-state index contributed by atoms with van der Waals surface area (Å²) >= 11 is 1.68. The molecule has 2 heterocycles. The van der Waals surface area contributed by atoms with E-state index in [9.17, 15) is 14.7 Å². The lowest BCUT2D eigenvalue weighted by molar-refractivity contribution is -0.268. The summed E-state index contributed by atoms with van der Waals surface area (Å²) in [7, 11) is 1.99. The van der Waals surface area contributed by atoms with Crippen LogP contribution >= 0.6 is 11.8 Å². The average Bonchev–Trinajstić information content (AvgIpc) is 3.52. The molecule has 3 N–H and O–H groups in total. The predicted molar refractivity (Wildman–Crippen MR) is 188 cm³/mol. The number of rotatable bonds is 15. The summed E-state index contributed by atoms with van der Waals surface area (Å²) in [5.74, 6) is 0.802. The van der Waals surface area contributed by atoms with E-state index in [0.717, 1.165) is 63.6 Å². The molecule has 0 radical (unpaired) electrons. The minimum atomic E-state index is -0.573. The van der Waals surface area contributed by atoms with E-state index in [1.807, 2.05) is 66.3 Å². The quantitative estimate of drug-likeness (QED) is 0.0981. The number of aliphatic hydroxyl groups is 1. The van der Waals surface area contributed by atoms with Gasteiger partial charge in [-0.3, -0.25) is 9.59 Å². The Morgan fingerprint density at radius 1 is 0.917 bits per heavy atom. The van der Waals surface area contributed by atoms with E-state index in [-0.39, 0.29) is 36.5 Å². The molecule has 4 atom stereocenters. The first-order chi connectivity index (χ1) is 23.3. The summed E-state index contributed by atoms with van der Waals surface area (Å²) < 4.78 is 15.4. The van der Waals surface area contributed by atoms with E-state index >= 15 is 0 Å². The standard InChI is InChI=1S/C38H46N4O5S/c1-26-34(25-48-38-40-19-20-42(38)3)46-37(47-36(26)30-16-14-28(24-43)15-17-30)33-12-8-11-32(22-33)31-10-7-9-29(21-31)23-41-35(45)13-5-4-6-18-39-27(2)44/h7-12,14-17,19-22,26,34,36-37,43H,4-6,13,18,23-25H2,1-3H3,(H,39,44)(H,41,45). The Labute approximate surface area is 287 Å². The normalized spacial score (nSPS) is 19.2. The average molecular weight is 671 g/mol. The summed E-state index contributed by atoms with van der Waals surface area (Å²) in [6.45, 7) is 4.78. The second kappa shape index (κ2) is 17.4. The maximum Gasteiger partial charge on any atom is 0.220 e. The number of aromatic nitrogens is 2. The number of unbranched alkanes of at least 4 members (excludes halogenated alkanes) is 2. The zero-order valence-corrected chi connectivity index (χ0v) is 28.7. The van der Waals surface area contributed by atoms with Gasteiger partial charge < -0.3 is 29.8 Å². The smallest absolute Gasteiger partial charge is 0.220 e. The molecule has 4 unspecified atom stereocenters. The van der Waals surface area contributed by atoms with Crippen LogP contribution < -0.4 is 10.6 Å². The monoisotopic (exact) mass is 670 g/mol. The van der Waals surface area contributed by atoms with E-state index in [1.54, 1.807) is 18.0 Å². The zero-order chi connectivity index (χ0) is 33.9. The number of aliphatic hydroxyl groups excluding tert-OH is 1. The van der Waals surface area contributed by atoms with Gasteiger partial charge in [0.15, 0.2) is 11.4 Å². The van der Waals surface area contributed by atoms with Gasteiger partial charge in [0.2, 0.25) is 11.8 Å². The molecule has 10 heteroatoms. The summed E-state index contributed by atoms with van der Waals surface area (Å²) in [5, 5.41) is 16.3. The van der Waals surface area contributed by atoms with Gasteiger partial charge >= 0.3 is 0 Å². The molecule has 254 valence electrons. The van der Waals surface area contributed by atoms with Crippen molar-refractivity contribution in [2.24, 2.45) is 13.0 Å². The topological polar surface area (TPSA) is 115 Å². The molecule has 0 bridgehead atoms. The molecule has 0 spiro atoms. The second-order valence-corrected chi connectivity index (χ2v) is 13.3. The molecule has 2 amide bonds. The third-order valence-corrected chi connectivity index (χ3v) is 9.79. The largest absolute Gasteiger partial charge is 0.392 e. The van der Waals surface area contributed by atoms with Crippen molar-refractivity contribution >= 4 is 23.6 Å². The first kappa shape index (κ1) is 35.3. The number of amides is 2. The van der Waals surface area contributed by atoms with Crippen molar-refractivity contribution in [3.05, 3.63) is 107 Å². The Balaban J connectivity index is 1.26. The van der Waals surface area contributed by atoms with Crippen molar-refractivity contribution in [2.45, 2.75) is 76.3 Å². The third-order valence-electron chi connectivity index (χ3n) is 8.64. The highest BCUT2D eigenvalue weighted by molar-refractivity contribution is 7.99. The molecule has 48 heavy (non-hydrogen) atoms. The number of carbonyl (C=O) groups is 2. The Morgan fingerprint density at radius 2 is 1.69 bits per heavy atom. The van der Waals surface area contributed by atoms with Crippen LogP contribution in [-0.2, 0) is 39.3 Å². The maximum atomic E-state index is 12.4. The summed E-state index contributed by atoms with van der Waals surface area (Å²) in [4.78, 5) is 27.9. The fourth-order valence-electron chi connectivity index (χ4n) is 5.82. The van der Waals surface area contributed by atoms with Crippen molar-refractivity contribution in [3.8, 4) is 11.1 Å². The Hall–Kier alpha value is -3.96. The van der Waals surface area contributed by atoms with Crippen molar-refractivity contribution < 1.29 is 24.2 Å². The first-order valence-corrected chi connectivity index (χ1v) is 17.6. The number of nitrogens with one attached hydrogen (secondary N) is 2. The number of imidazole rings is 1. The van der Waals surface area contributed by atoms with Gasteiger partial charge in [0.25, 0.3) is 0 Å². The number of hydrogen-bond acceptors (Lipinski definition) is 7. The molecule has 1 saturated heterocycles. The van der Waals surface area contributed by atoms with Crippen LogP contribution in [0.1, 0.15) is 74.2 Å². The molecule has 4 aromatic rings. The van der Waals surface area contributed by atoms with Gasteiger partial charge in [-0.25, -0.2) is 4.98 Å². The minimum Gasteiger partial charge on any atom is -0.392 e. The van der Waals surface area contributed by atoms with Crippen LogP contribution in [0.15, 0.2) is 90.3 Å². The van der Waals surface area contributed by atoms with Crippen LogP contribution in [0.25, 0.3) is 11.1 Å². The summed E-state index contributed by atoms with van der Waals surface area (Å²) in [6, 6.07) is 24.4. The number of nitrogens with zero attached hydrogens (tertiary/aromatic N) is 2. The van der Waals surface area contributed by atoms with Gasteiger partial charge in [-0.1, -0.05) is 85.8 Å². The number of carbonyl (C=O) groups excluding carboxylic acids is 2. The summed E-state index contributed by atoms with van der Waals surface area (Å²) in [5.41, 5.74) is 5.95. The lowest BCUT2D eigenvalue weighted by atomic mass is 9.91. The molecule has 0 aliphatic carbocycles. The van der Waals surface area contributed by atoms with E-state index in [2.05, 4.69) is 46.8 Å². The molecule has 0 saturated carbocycles. The van der Waals surface area contributed by atoms with Gasteiger partial charge in [-0.05, 0) is 52.8 Å². The van der Waals surface area contributed by atoms with Crippen LogP contribution in [-0.4, -0.2) is 44.9 Å². The van der Waals surface area contributed by atoms with E-state index < -0.39 is 6.29 Å². The van der Waals surface area contributed by atoms with Crippen molar-refractivity contribution in [1.82, 2.24) is 20.2 Å². The molecule has 1 fully saturated rings. The zero-order valence-electron chi connectivity index (χ0n) is 27.9. The molecule has 3 aromatic carbocycles. The number of aryl methyl sites for hydroxylation is 1. The van der Waals surface area contributed by atoms with Crippen LogP contribution in [0.3, 0.4) is 0 Å². The number of thioether (sulfide) groups is 1. The second-order valence-electron chi connectivity index (χ2n) is 12.3. The molecule has 1 aliphatic heterocycles. The maximum absolute atomic E-state index is 12.4. The minimum absolute atomic E-state index is 0.00148. The van der Waals surface area contributed by atoms with Gasteiger partial charge in [-0.2, -0.15) is 0 Å². The van der Waals surface area contributed by atoms with Crippen molar-refractivity contribution in [2.75, 3.05) is 12.3 Å². The lowest BCUT2D eigenvalue weighted by Gasteiger charge is -2.41. The fraction of sp³-hybridized carbons (Fsp3) is 0.395. The number of benzene rings is 3. The van der Waals surface area contributed by atoms with Crippen LogP contribution in [0, 0.1) is 5.92 Å². The molecular formula is C38H46N4O5S. The van der Waals surface area contributed by atoms with Crippen molar-refractivity contribution in [3.63, 3.8) is 0 Å². The van der Waals surface area contributed by atoms with Gasteiger partial charge in [-0.15, -0.1) is 0 Å². The molecule has 1 aromatic heterocycles. The molecule has 9 nitrogen and oxygen atoms in total. The van der Waals surface area contributed by atoms with Gasteiger partial charge in [0.1, 0.15) is 0 Å². The molecule has 5 rings (SSSR count). The van der Waals surface area contributed by atoms with Gasteiger partial charge in [0, 0.05) is 63.1 Å². The Kier molecular flexibility index (Phi) is 12.8. The van der Waals surface area contributed by atoms with Crippen molar-refractivity contribution in [1.29, 1.82) is 0 Å². The lowest BCUT2D eigenvalue weighted by Crippen LogP contribution is -2.38. The van der Waals surface area contributed by atoms with Gasteiger partial charge in [0.05, 0.1) is 18.8 Å². The molecular weight excluding hydrogens is 625 g/mol. The summed E-state index contributed by atoms with van der Waals surface area (Å²) in [6.07, 6.45) is 5.91. The fourth-order valence-corrected chi connectivity index (χ4v) is 6.92. The van der Waals surface area contributed by atoms with E-state index in [4.69, 9.17) is 9.47 Å². The van der Waals surface area contributed by atoms with E-state index in [0.29, 0.717) is 19.5 Å². The number of ether oxygens (including phenoxy) is 2. The Morgan fingerprint density at radius 3 is 2.42 bits per heavy atom. The van der Waals surface area contributed by atoms with Crippen LogP contribution in [0.5, 0.6) is 0 Å².